The molecule has 0 unspecified atom stereocenters. The van der Waals surface area contributed by atoms with Gasteiger partial charge in [-0.05, 0) is 36.1 Å². The summed E-state index contributed by atoms with van der Waals surface area (Å²) < 4.78 is 2.73. The normalized spacial score (nSPS) is 11.2. The van der Waals surface area contributed by atoms with Gasteiger partial charge in [0, 0.05) is 33.1 Å². The third kappa shape index (κ3) is 3.20. The third-order valence-corrected chi connectivity index (χ3v) is 5.78. The van der Waals surface area contributed by atoms with Gasteiger partial charge < -0.3 is 9.67 Å². The highest BCUT2D eigenvalue weighted by atomic mass is 35.5. The van der Waals surface area contributed by atoms with E-state index in [1.165, 1.54) is 6.20 Å². The number of benzene rings is 1. The maximum Gasteiger partial charge on any atom is 0.354 e. The number of fused-ring (bicyclic) bond motifs is 1. The largest absolute Gasteiger partial charge is 0.477 e. The fourth-order valence-corrected chi connectivity index (χ4v) is 4.65. The van der Waals surface area contributed by atoms with Crippen molar-refractivity contribution >= 4 is 50.6 Å². The van der Waals surface area contributed by atoms with E-state index in [2.05, 4.69) is 9.97 Å². The minimum Gasteiger partial charge on any atom is -0.477 e. The average molecular weight is 418 g/mol. The number of thiophene rings is 1. The molecule has 0 radical (unpaired) electrons. The Morgan fingerprint density at radius 2 is 2.11 bits per heavy atom. The molecule has 0 aliphatic rings. The predicted octanol–water partition coefficient (Wildman–Crippen LogP) is 5.52. The van der Waals surface area contributed by atoms with Crippen LogP contribution in [0.1, 0.15) is 21.7 Å². The number of carboxylic acid groups (broad SMARTS) is 1. The Bertz CT molecular complexity index is 1180. The molecule has 4 rings (SSSR count). The number of carbonyl (C=O) groups is 1. The monoisotopic (exact) mass is 417 g/mol. The molecule has 0 saturated carbocycles. The maximum absolute atomic E-state index is 11.9. The zero-order valence-electron chi connectivity index (χ0n) is 14.1. The second-order valence-corrected chi connectivity index (χ2v) is 7.78. The van der Waals surface area contributed by atoms with Gasteiger partial charge in [0.15, 0.2) is 5.69 Å². The van der Waals surface area contributed by atoms with Crippen molar-refractivity contribution in [3.63, 3.8) is 0 Å². The maximum atomic E-state index is 11.9. The minimum atomic E-state index is -1.04. The van der Waals surface area contributed by atoms with Gasteiger partial charge in [-0.2, -0.15) is 0 Å². The number of aromatic carboxylic acids is 1. The quantitative estimate of drug-likeness (QED) is 0.474. The van der Waals surface area contributed by atoms with Crippen LogP contribution >= 0.6 is 34.5 Å². The van der Waals surface area contributed by atoms with Crippen molar-refractivity contribution in [1.29, 1.82) is 0 Å². The summed E-state index contributed by atoms with van der Waals surface area (Å²) in [6.45, 7) is 2.01. The number of aryl methyl sites for hydroxylation is 1. The Balaban J connectivity index is 1.92. The molecule has 0 bridgehead atoms. The van der Waals surface area contributed by atoms with E-state index in [-0.39, 0.29) is 5.69 Å². The fourth-order valence-electron chi connectivity index (χ4n) is 3.15. The molecule has 0 fully saturated rings. The van der Waals surface area contributed by atoms with Crippen LogP contribution in [-0.4, -0.2) is 25.6 Å². The Morgan fingerprint density at radius 3 is 2.85 bits per heavy atom. The lowest BCUT2D eigenvalue weighted by atomic mass is 10.1. The highest BCUT2D eigenvalue weighted by molar-refractivity contribution is 7.17. The van der Waals surface area contributed by atoms with Crippen molar-refractivity contribution in [2.24, 2.45) is 0 Å². The number of halogens is 2. The molecule has 0 aliphatic carbocycles. The van der Waals surface area contributed by atoms with Crippen molar-refractivity contribution in [3.8, 4) is 11.4 Å². The number of nitrogens with zero attached hydrogens (tertiary/aromatic N) is 3. The van der Waals surface area contributed by atoms with E-state index in [4.69, 9.17) is 23.2 Å². The van der Waals surface area contributed by atoms with Crippen molar-refractivity contribution in [2.45, 2.75) is 13.5 Å². The van der Waals surface area contributed by atoms with Gasteiger partial charge in [-0.15, -0.1) is 11.3 Å². The van der Waals surface area contributed by atoms with Crippen LogP contribution in [0.2, 0.25) is 10.0 Å². The van der Waals surface area contributed by atoms with E-state index in [1.807, 2.05) is 23.6 Å². The number of pyridine rings is 1. The SMILES string of the molecule is Cc1nc(-c2cncc(Cl)c2)n(Cc2csc3cccc(Cl)c23)c1C(=O)O. The van der Waals surface area contributed by atoms with Crippen molar-refractivity contribution in [2.75, 3.05) is 0 Å². The van der Waals surface area contributed by atoms with Gasteiger partial charge in [0.1, 0.15) is 5.82 Å². The summed E-state index contributed by atoms with van der Waals surface area (Å²) in [4.78, 5) is 20.5. The van der Waals surface area contributed by atoms with E-state index < -0.39 is 5.97 Å². The van der Waals surface area contributed by atoms with Crippen molar-refractivity contribution in [1.82, 2.24) is 14.5 Å². The zero-order valence-corrected chi connectivity index (χ0v) is 16.4. The summed E-state index contributed by atoms with van der Waals surface area (Å²) in [7, 11) is 0. The molecule has 5 nitrogen and oxygen atoms in total. The minimum absolute atomic E-state index is 0.136. The molecule has 1 aromatic carbocycles. The van der Waals surface area contributed by atoms with Crippen LogP contribution in [-0.2, 0) is 6.54 Å². The van der Waals surface area contributed by atoms with Crippen LogP contribution in [0.5, 0.6) is 0 Å². The summed E-state index contributed by atoms with van der Waals surface area (Å²) in [5, 5.41) is 13.8. The van der Waals surface area contributed by atoms with E-state index >= 15 is 0 Å². The van der Waals surface area contributed by atoms with E-state index in [0.717, 1.165) is 15.6 Å². The average Bonchev–Trinajstić information content (AvgIpc) is 3.17. The van der Waals surface area contributed by atoms with Crippen LogP contribution in [0.25, 0.3) is 21.5 Å². The van der Waals surface area contributed by atoms with Gasteiger partial charge in [0.2, 0.25) is 0 Å². The standard InChI is InChI=1S/C19H13Cl2N3O2S/c1-10-17(19(25)26)24(18(23-10)11-5-13(20)7-22-6-11)8-12-9-27-15-4-2-3-14(21)16(12)15/h2-7,9H,8H2,1H3,(H,25,26). The number of imidazole rings is 1. The van der Waals surface area contributed by atoms with Crippen LogP contribution in [0.4, 0.5) is 0 Å². The molecular formula is C19H13Cl2N3O2S. The van der Waals surface area contributed by atoms with E-state index in [1.54, 1.807) is 35.1 Å². The first-order valence-corrected chi connectivity index (χ1v) is 9.65. The Labute approximate surface area is 168 Å². The molecule has 3 heterocycles. The van der Waals surface area contributed by atoms with E-state index in [0.29, 0.717) is 33.7 Å². The van der Waals surface area contributed by atoms with Crippen LogP contribution < -0.4 is 0 Å². The van der Waals surface area contributed by atoms with Gasteiger partial charge in [0.25, 0.3) is 0 Å². The smallest absolute Gasteiger partial charge is 0.354 e. The first kappa shape index (κ1) is 18.0. The highest BCUT2D eigenvalue weighted by Crippen LogP contribution is 2.34. The van der Waals surface area contributed by atoms with E-state index in [9.17, 15) is 9.90 Å². The summed E-state index contributed by atoms with van der Waals surface area (Å²) in [5.41, 5.74) is 2.17. The lowest BCUT2D eigenvalue weighted by molar-refractivity contribution is 0.0685. The Kier molecular flexibility index (Phi) is 4.63. The van der Waals surface area contributed by atoms with Gasteiger partial charge in [-0.1, -0.05) is 29.3 Å². The second kappa shape index (κ2) is 6.96. The zero-order chi connectivity index (χ0) is 19.1. The molecule has 0 atom stereocenters. The molecule has 0 amide bonds. The van der Waals surface area contributed by atoms with Gasteiger partial charge in [-0.25, -0.2) is 9.78 Å². The first-order chi connectivity index (χ1) is 13.0. The summed E-state index contributed by atoms with van der Waals surface area (Å²) in [6.07, 6.45) is 3.14. The molecule has 0 aliphatic heterocycles. The molecule has 136 valence electrons. The summed E-state index contributed by atoms with van der Waals surface area (Å²) in [6, 6.07) is 7.45. The number of hydrogen-bond donors (Lipinski definition) is 1. The van der Waals surface area contributed by atoms with Crippen LogP contribution in [0.3, 0.4) is 0 Å². The Hall–Kier alpha value is -2.41. The number of hydrogen-bond acceptors (Lipinski definition) is 4. The lowest BCUT2D eigenvalue weighted by Crippen LogP contribution is -2.11. The molecule has 3 aromatic heterocycles. The molecule has 0 spiro atoms. The number of aromatic nitrogens is 3. The van der Waals surface area contributed by atoms with Crippen molar-refractivity contribution in [3.05, 3.63) is 69.0 Å². The van der Waals surface area contributed by atoms with Gasteiger partial charge in [0.05, 0.1) is 17.3 Å². The molecule has 1 N–H and O–H groups in total. The Morgan fingerprint density at radius 1 is 1.30 bits per heavy atom. The third-order valence-electron chi connectivity index (χ3n) is 4.26. The number of carboxylic acids is 1. The summed E-state index contributed by atoms with van der Waals surface area (Å²) in [5.74, 6) is -0.529. The topological polar surface area (TPSA) is 68.0 Å². The molecular weight excluding hydrogens is 405 g/mol. The molecule has 27 heavy (non-hydrogen) atoms. The van der Waals surface area contributed by atoms with Crippen LogP contribution in [0.15, 0.2) is 42.0 Å². The first-order valence-electron chi connectivity index (χ1n) is 8.01. The van der Waals surface area contributed by atoms with Gasteiger partial charge in [-0.3, -0.25) is 4.98 Å². The fraction of sp³-hybridized carbons (Fsp3) is 0.105. The lowest BCUT2D eigenvalue weighted by Gasteiger charge is -2.11. The highest BCUT2D eigenvalue weighted by Gasteiger charge is 2.22. The summed E-state index contributed by atoms with van der Waals surface area (Å²) >= 11 is 14.0. The van der Waals surface area contributed by atoms with Crippen LogP contribution in [0, 0.1) is 6.92 Å². The molecule has 0 saturated heterocycles. The van der Waals surface area contributed by atoms with Gasteiger partial charge >= 0.3 is 5.97 Å². The number of rotatable bonds is 4. The second-order valence-electron chi connectivity index (χ2n) is 6.03. The van der Waals surface area contributed by atoms with Crippen molar-refractivity contribution < 1.29 is 9.90 Å². The predicted molar refractivity (Wildman–Crippen MR) is 108 cm³/mol. The molecule has 8 heteroatoms. The molecule has 4 aromatic rings.